The van der Waals surface area contributed by atoms with E-state index in [9.17, 15) is 4.79 Å². The van der Waals surface area contributed by atoms with Crippen molar-refractivity contribution in [3.05, 3.63) is 23.8 Å². The first kappa shape index (κ1) is 16.1. The van der Waals surface area contributed by atoms with Crippen molar-refractivity contribution in [2.45, 2.75) is 19.3 Å². The quantitative estimate of drug-likeness (QED) is 0.791. The first-order chi connectivity index (χ1) is 10.7. The normalized spacial score (nSPS) is 16.8. The molecule has 0 saturated carbocycles. The SMILES string of the molecule is COc1ccc(NC(=O)NCCC[C@H]2CCOC2)cc1C#N. The van der Waals surface area contributed by atoms with Gasteiger partial charge in [0.15, 0.2) is 0 Å². The number of hydrogen-bond donors (Lipinski definition) is 2. The summed E-state index contributed by atoms with van der Waals surface area (Å²) in [5.74, 6) is 1.12. The number of amides is 2. The fraction of sp³-hybridized carbons (Fsp3) is 0.500. The van der Waals surface area contributed by atoms with E-state index in [1.54, 1.807) is 18.2 Å². The molecule has 0 bridgehead atoms. The highest BCUT2D eigenvalue weighted by molar-refractivity contribution is 5.89. The predicted molar refractivity (Wildman–Crippen MR) is 82.9 cm³/mol. The van der Waals surface area contributed by atoms with Crippen molar-refractivity contribution < 1.29 is 14.3 Å². The molecule has 1 atom stereocenters. The lowest BCUT2D eigenvalue weighted by molar-refractivity contribution is 0.184. The van der Waals surface area contributed by atoms with Gasteiger partial charge in [0.1, 0.15) is 11.8 Å². The predicted octanol–water partition coefficient (Wildman–Crippen LogP) is 2.51. The van der Waals surface area contributed by atoms with Gasteiger partial charge in [0, 0.05) is 25.4 Å². The molecule has 1 heterocycles. The monoisotopic (exact) mass is 303 g/mol. The van der Waals surface area contributed by atoms with Gasteiger partial charge in [-0.15, -0.1) is 0 Å². The van der Waals surface area contributed by atoms with Crippen LogP contribution in [0.3, 0.4) is 0 Å². The lowest BCUT2D eigenvalue weighted by Gasteiger charge is -2.10. The van der Waals surface area contributed by atoms with E-state index >= 15 is 0 Å². The molecule has 6 nitrogen and oxygen atoms in total. The van der Waals surface area contributed by atoms with Gasteiger partial charge >= 0.3 is 6.03 Å². The number of benzene rings is 1. The zero-order valence-corrected chi connectivity index (χ0v) is 12.7. The molecule has 2 rings (SSSR count). The molecular weight excluding hydrogens is 282 g/mol. The molecule has 6 heteroatoms. The number of carbonyl (C=O) groups is 1. The summed E-state index contributed by atoms with van der Waals surface area (Å²) in [6.07, 6.45) is 3.13. The second-order valence-corrected chi connectivity index (χ2v) is 5.28. The van der Waals surface area contributed by atoms with Gasteiger partial charge < -0.3 is 20.1 Å². The molecule has 1 aliphatic rings. The maximum Gasteiger partial charge on any atom is 0.319 e. The number of nitrogens with one attached hydrogen (secondary N) is 2. The Balaban J connectivity index is 1.73. The van der Waals surface area contributed by atoms with Gasteiger partial charge in [-0.1, -0.05) is 0 Å². The van der Waals surface area contributed by atoms with E-state index in [1.807, 2.05) is 6.07 Å². The van der Waals surface area contributed by atoms with Crippen LogP contribution in [0.2, 0.25) is 0 Å². The Morgan fingerprint density at radius 2 is 2.41 bits per heavy atom. The van der Waals surface area contributed by atoms with Crippen LogP contribution in [-0.4, -0.2) is 32.9 Å². The van der Waals surface area contributed by atoms with Crippen molar-refractivity contribution >= 4 is 11.7 Å². The Morgan fingerprint density at radius 1 is 1.55 bits per heavy atom. The van der Waals surface area contributed by atoms with Crippen molar-refractivity contribution in [2.75, 3.05) is 32.2 Å². The number of urea groups is 1. The molecule has 1 aliphatic heterocycles. The third kappa shape index (κ3) is 4.64. The van der Waals surface area contributed by atoms with Crippen molar-refractivity contribution in [1.29, 1.82) is 5.26 Å². The molecule has 118 valence electrons. The maximum absolute atomic E-state index is 11.8. The van der Waals surface area contributed by atoms with E-state index < -0.39 is 0 Å². The Kier molecular flexibility index (Phi) is 6.04. The summed E-state index contributed by atoms with van der Waals surface area (Å²) in [6, 6.07) is 6.72. The van der Waals surface area contributed by atoms with E-state index in [1.165, 1.54) is 7.11 Å². The highest BCUT2D eigenvalue weighted by atomic mass is 16.5. The molecule has 0 spiro atoms. The molecule has 0 radical (unpaired) electrons. The minimum absolute atomic E-state index is 0.267. The van der Waals surface area contributed by atoms with Crippen LogP contribution >= 0.6 is 0 Å². The summed E-state index contributed by atoms with van der Waals surface area (Å²) in [5, 5.41) is 14.5. The van der Waals surface area contributed by atoms with Crippen LogP contribution in [0.5, 0.6) is 5.75 Å². The van der Waals surface area contributed by atoms with Gasteiger partial charge in [-0.2, -0.15) is 5.26 Å². The van der Waals surface area contributed by atoms with E-state index in [2.05, 4.69) is 10.6 Å². The van der Waals surface area contributed by atoms with Crippen LogP contribution in [0.15, 0.2) is 18.2 Å². The van der Waals surface area contributed by atoms with Crippen molar-refractivity contribution in [1.82, 2.24) is 5.32 Å². The Bertz CT molecular complexity index is 548. The second-order valence-electron chi connectivity index (χ2n) is 5.28. The lowest BCUT2D eigenvalue weighted by Crippen LogP contribution is -2.29. The van der Waals surface area contributed by atoms with E-state index in [-0.39, 0.29) is 6.03 Å². The number of rotatable bonds is 6. The third-order valence-corrected chi connectivity index (χ3v) is 3.68. The number of hydrogen-bond acceptors (Lipinski definition) is 4. The third-order valence-electron chi connectivity index (χ3n) is 3.68. The molecule has 0 aromatic heterocycles. The minimum atomic E-state index is -0.267. The average molecular weight is 303 g/mol. The Morgan fingerprint density at radius 3 is 3.09 bits per heavy atom. The smallest absolute Gasteiger partial charge is 0.319 e. The van der Waals surface area contributed by atoms with E-state index in [0.29, 0.717) is 29.5 Å². The number of carbonyl (C=O) groups excluding carboxylic acids is 1. The van der Waals surface area contributed by atoms with Crippen LogP contribution in [0.4, 0.5) is 10.5 Å². The summed E-state index contributed by atoms with van der Waals surface area (Å²) in [7, 11) is 1.51. The fourth-order valence-corrected chi connectivity index (χ4v) is 2.45. The van der Waals surface area contributed by atoms with Crippen LogP contribution in [-0.2, 0) is 4.74 Å². The van der Waals surface area contributed by atoms with Crippen LogP contribution < -0.4 is 15.4 Å². The highest BCUT2D eigenvalue weighted by Crippen LogP contribution is 2.21. The zero-order valence-electron chi connectivity index (χ0n) is 12.7. The molecule has 0 unspecified atom stereocenters. The van der Waals surface area contributed by atoms with Crippen molar-refractivity contribution in [2.24, 2.45) is 5.92 Å². The molecule has 0 aliphatic carbocycles. The number of methoxy groups -OCH3 is 1. The van der Waals surface area contributed by atoms with Gasteiger partial charge in [-0.05, 0) is 43.4 Å². The lowest BCUT2D eigenvalue weighted by atomic mass is 10.0. The van der Waals surface area contributed by atoms with Crippen molar-refractivity contribution in [3.8, 4) is 11.8 Å². The van der Waals surface area contributed by atoms with Gasteiger partial charge in [0.2, 0.25) is 0 Å². The molecule has 2 amide bonds. The van der Waals surface area contributed by atoms with Gasteiger partial charge in [-0.25, -0.2) is 4.79 Å². The summed E-state index contributed by atoms with van der Waals surface area (Å²) in [4.78, 5) is 11.8. The van der Waals surface area contributed by atoms with Gasteiger partial charge in [0.25, 0.3) is 0 Å². The first-order valence-corrected chi connectivity index (χ1v) is 7.43. The molecule has 22 heavy (non-hydrogen) atoms. The summed E-state index contributed by atoms with van der Waals surface area (Å²) < 4.78 is 10.4. The standard InChI is InChI=1S/C16H21N3O3/c1-21-15-5-4-14(9-13(15)10-17)19-16(20)18-7-2-3-12-6-8-22-11-12/h4-5,9,12H,2-3,6-8,11H2,1H3,(H2,18,19,20)/t12-/m0/s1. The van der Waals surface area contributed by atoms with Crippen molar-refractivity contribution in [3.63, 3.8) is 0 Å². The topological polar surface area (TPSA) is 83.4 Å². The number of ether oxygens (including phenoxy) is 2. The molecule has 2 N–H and O–H groups in total. The Hall–Kier alpha value is -2.26. The first-order valence-electron chi connectivity index (χ1n) is 7.43. The number of anilines is 1. The molecule has 1 aromatic rings. The minimum Gasteiger partial charge on any atom is -0.495 e. The van der Waals surface area contributed by atoms with Crippen LogP contribution in [0, 0.1) is 17.2 Å². The Labute approximate surface area is 130 Å². The fourth-order valence-electron chi connectivity index (χ4n) is 2.45. The summed E-state index contributed by atoms with van der Waals surface area (Å²) in [6.45, 7) is 2.33. The van der Waals surface area contributed by atoms with E-state index in [4.69, 9.17) is 14.7 Å². The molecule has 1 aromatic carbocycles. The second kappa shape index (κ2) is 8.25. The van der Waals surface area contributed by atoms with Gasteiger partial charge in [0.05, 0.1) is 12.7 Å². The zero-order chi connectivity index (χ0) is 15.8. The maximum atomic E-state index is 11.8. The number of nitriles is 1. The average Bonchev–Trinajstić information content (AvgIpc) is 3.04. The van der Waals surface area contributed by atoms with Gasteiger partial charge in [-0.3, -0.25) is 0 Å². The molecular formula is C16H21N3O3. The highest BCUT2D eigenvalue weighted by Gasteiger charge is 2.14. The van der Waals surface area contributed by atoms with Crippen LogP contribution in [0.1, 0.15) is 24.8 Å². The van der Waals surface area contributed by atoms with Crippen LogP contribution in [0.25, 0.3) is 0 Å². The summed E-state index contributed by atoms with van der Waals surface area (Å²) >= 11 is 0. The molecule has 1 fully saturated rings. The largest absolute Gasteiger partial charge is 0.495 e. The summed E-state index contributed by atoms with van der Waals surface area (Å²) in [5.41, 5.74) is 0.959. The van der Waals surface area contributed by atoms with E-state index in [0.717, 1.165) is 32.5 Å². The molecule has 1 saturated heterocycles. The number of nitrogens with zero attached hydrogens (tertiary/aromatic N) is 1.